The van der Waals surface area contributed by atoms with E-state index >= 15 is 0 Å². The Labute approximate surface area is 156 Å². The highest BCUT2D eigenvalue weighted by atomic mass is 35.5. The van der Waals surface area contributed by atoms with Gasteiger partial charge in [0.1, 0.15) is 0 Å². The van der Waals surface area contributed by atoms with Crippen LogP contribution in [-0.2, 0) is 4.79 Å². The molecular formula is C18H18Cl2N2O3. The fraction of sp³-hybridized carbons (Fsp3) is 0.278. The van der Waals surface area contributed by atoms with Gasteiger partial charge in [0.05, 0.1) is 41.2 Å². The highest BCUT2D eigenvalue weighted by molar-refractivity contribution is 6.34. The van der Waals surface area contributed by atoms with Gasteiger partial charge in [-0.15, -0.1) is 0 Å². The van der Waals surface area contributed by atoms with E-state index in [9.17, 15) is 4.79 Å². The van der Waals surface area contributed by atoms with Gasteiger partial charge in [0.2, 0.25) is 5.91 Å². The number of fused-ring (bicyclic) bond motifs is 1. The van der Waals surface area contributed by atoms with Crippen LogP contribution in [0, 0.1) is 6.92 Å². The maximum absolute atomic E-state index is 12.1. The zero-order valence-corrected chi connectivity index (χ0v) is 15.2. The van der Waals surface area contributed by atoms with Gasteiger partial charge in [0, 0.05) is 18.6 Å². The molecule has 132 valence electrons. The molecule has 2 aromatic carbocycles. The summed E-state index contributed by atoms with van der Waals surface area (Å²) in [5.41, 5.74) is 2.21. The molecule has 0 unspecified atom stereocenters. The molecule has 1 heterocycles. The van der Waals surface area contributed by atoms with Crippen LogP contribution in [0.3, 0.4) is 0 Å². The van der Waals surface area contributed by atoms with Crippen LogP contribution >= 0.6 is 23.2 Å². The number of hydrogen-bond donors (Lipinski definition) is 2. The molecule has 0 fully saturated rings. The molecule has 0 spiro atoms. The van der Waals surface area contributed by atoms with Crippen LogP contribution in [0.5, 0.6) is 11.5 Å². The summed E-state index contributed by atoms with van der Waals surface area (Å²) in [6, 6.07) is 8.89. The summed E-state index contributed by atoms with van der Waals surface area (Å²) in [6.45, 7) is 3.16. The van der Waals surface area contributed by atoms with Crippen LogP contribution in [0.15, 0.2) is 30.3 Å². The zero-order valence-electron chi connectivity index (χ0n) is 13.7. The number of nitrogens with one attached hydrogen (secondary N) is 2. The molecule has 3 rings (SSSR count). The second kappa shape index (κ2) is 7.85. The standard InChI is InChI=1S/C18H18Cl2N2O3/c1-11-3-4-14(12(19)7-11)22-18(23)10-21-15-9-17-16(8-13(15)20)24-5-2-6-25-17/h3-4,7-9,21H,2,5-6,10H2,1H3,(H,22,23). The summed E-state index contributed by atoms with van der Waals surface area (Å²) in [5.74, 6) is 1.00. The molecule has 1 aliphatic rings. The quantitative estimate of drug-likeness (QED) is 0.818. The first-order valence-corrected chi connectivity index (χ1v) is 8.67. The van der Waals surface area contributed by atoms with Gasteiger partial charge in [0.25, 0.3) is 0 Å². The van der Waals surface area contributed by atoms with Crippen LogP contribution in [-0.4, -0.2) is 25.7 Å². The van der Waals surface area contributed by atoms with Crippen LogP contribution in [0.4, 0.5) is 11.4 Å². The van der Waals surface area contributed by atoms with Gasteiger partial charge in [-0.3, -0.25) is 4.79 Å². The average molecular weight is 381 g/mol. The number of carbonyl (C=O) groups is 1. The van der Waals surface area contributed by atoms with Crippen LogP contribution in [0.2, 0.25) is 10.0 Å². The Morgan fingerprint density at radius 2 is 1.72 bits per heavy atom. The van der Waals surface area contributed by atoms with Crippen molar-refractivity contribution in [2.45, 2.75) is 13.3 Å². The summed E-state index contributed by atoms with van der Waals surface area (Å²) < 4.78 is 11.2. The first-order chi connectivity index (χ1) is 12.0. The molecule has 0 saturated carbocycles. The molecule has 1 aliphatic heterocycles. The van der Waals surface area contributed by atoms with Gasteiger partial charge in [-0.05, 0) is 24.6 Å². The predicted octanol–water partition coefficient (Wildman–Crippen LogP) is 4.51. The number of carbonyl (C=O) groups excluding carboxylic acids is 1. The lowest BCUT2D eigenvalue weighted by atomic mass is 10.2. The monoisotopic (exact) mass is 380 g/mol. The molecule has 1 amide bonds. The average Bonchev–Trinajstić information content (AvgIpc) is 2.80. The summed E-state index contributed by atoms with van der Waals surface area (Å²) >= 11 is 12.4. The molecule has 0 aromatic heterocycles. The third-order valence-corrected chi connectivity index (χ3v) is 4.30. The molecule has 5 nitrogen and oxygen atoms in total. The number of anilines is 2. The van der Waals surface area contributed by atoms with Crippen molar-refractivity contribution in [3.63, 3.8) is 0 Å². The third kappa shape index (κ3) is 4.50. The lowest BCUT2D eigenvalue weighted by molar-refractivity contribution is -0.114. The van der Waals surface area contributed by atoms with E-state index < -0.39 is 0 Å². The van der Waals surface area contributed by atoms with Crippen molar-refractivity contribution in [1.29, 1.82) is 0 Å². The SMILES string of the molecule is Cc1ccc(NC(=O)CNc2cc3c(cc2Cl)OCCCO3)c(Cl)c1. The minimum atomic E-state index is -0.228. The number of benzene rings is 2. The maximum Gasteiger partial charge on any atom is 0.243 e. The molecule has 0 saturated heterocycles. The number of ether oxygens (including phenoxy) is 2. The number of rotatable bonds is 4. The molecule has 7 heteroatoms. The number of hydrogen-bond acceptors (Lipinski definition) is 4. The first kappa shape index (κ1) is 17.7. The van der Waals surface area contributed by atoms with E-state index in [2.05, 4.69) is 10.6 Å². The van der Waals surface area contributed by atoms with Gasteiger partial charge >= 0.3 is 0 Å². The Balaban J connectivity index is 1.64. The van der Waals surface area contributed by atoms with Crippen molar-refractivity contribution < 1.29 is 14.3 Å². The van der Waals surface area contributed by atoms with Gasteiger partial charge in [-0.2, -0.15) is 0 Å². The van der Waals surface area contributed by atoms with Gasteiger partial charge in [-0.25, -0.2) is 0 Å². The minimum Gasteiger partial charge on any atom is -0.490 e. The normalized spacial score (nSPS) is 13.1. The Morgan fingerprint density at radius 3 is 2.44 bits per heavy atom. The van der Waals surface area contributed by atoms with E-state index in [1.807, 2.05) is 13.0 Å². The van der Waals surface area contributed by atoms with Gasteiger partial charge < -0.3 is 20.1 Å². The Morgan fingerprint density at radius 1 is 1.04 bits per heavy atom. The molecule has 0 bridgehead atoms. The highest BCUT2D eigenvalue weighted by Gasteiger charge is 2.15. The second-order valence-electron chi connectivity index (χ2n) is 5.71. The van der Waals surface area contributed by atoms with Crippen LogP contribution in [0.1, 0.15) is 12.0 Å². The smallest absolute Gasteiger partial charge is 0.243 e. The van der Waals surface area contributed by atoms with E-state index in [0.717, 1.165) is 12.0 Å². The molecular weight excluding hydrogens is 363 g/mol. The fourth-order valence-corrected chi connectivity index (χ4v) is 2.91. The Bertz CT molecular complexity index is 796. The van der Waals surface area contributed by atoms with E-state index in [0.29, 0.717) is 46.1 Å². The van der Waals surface area contributed by atoms with Crippen molar-refractivity contribution in [3.8, 4) is 11.5 Å². The largest absolute Gasteiger partial charge is 0.490 e. The zero-order chi connectivity index (χ0) is 17.8. The Hall–Kier alpha value is -2.11. The summed E-state index contributed by atoms with van der Waals surface area (Å²) in [4.78, 5) is 12.1. The van der Waals surface area contributed by atoms with Gasteiger partial charge in [-0.1, -0.05) is 29.3 Å². The van der Waals surface area contributed by atoms with E-state index in [4.69, 9.17) is 32.7 Å². The summed E-state index contributed by atoms with van der Waals surface area (Å²) in [5, 5.41) is 6.74. The number of halogens is 2. The molecule has 2 aromatic rings. The molecule has 0 aliphatic carbocycles. The first-order valence-electron chi connectivity index (χ1n) is 7.92. The van der Waals surface area contributed by atoms with Crippen LogP contribution in [0.25, 0.3) is 0 Å². The lowest BCUT2D eigenvalue weighted by Crippen LogP contribution is -2.22. The minimum absolute atomic E-state index is 0.0452. The fourth-order valence-electron chi connectivity index (χ4n) is 2.41. The molecule has 0 radical (unpaired) electrons. The summed E-state index contributed by atoms with van der Waals surface area (Å²) in [7, 11) is 0. The number of amides is 1. The van der Waals surface area contributed by atoms with E-state index in [1.54, 1.807) is 24.3 Å². The van der Waals surface area contributed by atoms with Crippen molar-refractivity contribution in [3.05, 3.63) is 45.9 Å². The van der Waals surface area contributed by atoms with Gasteiger partial charge in [0.15, 0.2) is 11.5 Å². The third-order valence-electron chi connectivity index (χ3n) is 3.68. The van der Waals surface area contributed by atoms with Crippen molar-refractivity contribution in [1.82, 2.24) is 0 Å². The highest BCUT2D eigenvalue weighted by Crippen LogP contribution is 2.37. The van der Waals surface area contributed by atoms with Crippen molar-refractivity contribution in [2.24, 2.45) is 0 Å². The van der Waals surface area contributed by atoms with E-state index in [-0.39, 0.29) is 12.5 Å². The topological polar surface area (TPSA) is 59.6 Å². The van der Waals surface area contributed by atoms with Crippen molar-refractivity contribution in [2.75, 3.05) is 30.4 Å². The molecule has 25 heavy (non-hydrogen) atoms. The number of aryl methyl sites for hydroxylation is 1. The van der Waals surface area contributed by atoms with Crippen LogP contribution < -0.4 is 20.1 Å². The second-order valence-corrected chi connectivity index (χ2v) is 6.53. The van der Waals surface area contributed by atoms with E-state index in [1.165, 1.54) is 0 Å². The molecule has 0 atom stereocenters. The molecule has 2 N–H and O–H groups in total. The predicted molar refractivity (Wildman–Crippen MR) is 100 cm³/mol. The lowest BCUT2D eigenvalue weighted by Gasteiger charge is -2.13. The Kier molecular flexibility index (Phi) is 5.56. The maximum atomic E-state index is 12.1. The van der Waals surface area contributed by atoms with Crippen molar-refractivity contribution >= 4 is 40.5 Å². The summed E-state index contributed by atoms with van der Waals surface area (Å²) in [6.07, 6.45) is 0.814.